The third kappa shape index (κ3) is 4.40. The van der Waals surface area contributed by atoms with Crippen molar-refractivity contribution in [1.82, 2.24) is 10.2 Å². The van der Waals surface area contributed by atoms with Crippen molar-refractivity contribution in [3.05, 3.63) is 62.1 Å². The summed E-state index contributed by atoms with van der Waals surface area (Å²) in [4.78, 5) is 14.3. The van der Waals surface area contributed by atoms with Crippen LogP contribution in [0.1, 0.15) is 5.56 Å². The van der Waals surface area contributed by atoms with Gasteiger partial charge >= 0.3 is 0 Å². The van der Waals surface area contributed by atoms with Crippen LogP contribution in [0.15, 0.2) is 57.7 Å². The van der Waals surface area contributed by atoms with Crippen LogP contribution in [0.5, 0.6) is 5.75 Å². The summed E-state index contributed by atoms with van der Waals surface area (Å²) in [6, 6.07) is 10.3. The number of azo groups is 1. The molecule has 1 heterocycles. The lowest BCUT2D eigenvalue weighted by atomic mass is 10.2. The Morgan fingerprint density at radius 2 is 1.88 bits per heavy atom. The number of rotatable bonds is 5. The third-order valence-corrected chi connectivity index (χ3v) is 4.09. The van der Waals surface area contributed by atoms with E-state index in [0.29, 0.717) is 26.0 Å². The van der Waals surface area contributed by atoms with E-state index in [0.717, 1.165) is 0 Å². The number of nitrogens with zero attached hydrogens (tertiary/aromatic N) is 5. The van der Waals surface area contributed by atoms with Gasteiger partial charge in [-0.3, -0.25) is 15.2 Å². The highest BCUT2D eigenvalue weighted by molar-refractivity contribution is 7.73. The lowest BCUT2D eigenvalue weighted by molar-refractivity contribution is -0.384. The minimum atomic E-state index is -0.484. The number of phenolic OH excluding ortho intramolecular Hbond substituents is 1. The van der Waals surface area contributed by atoms with E-state index in [-0.39, 0.29) is 11.4 Å². The Morgan fingerprint density at radius 3 is 2.54 bits per heavy atom. The number of hydrogen-bond acceptors (Lipinski definition) is 9. The number of aromatic nitrogens is 2. The van der Waals surface area contributed by atoms with Crippen molar-refractivity contribution < 1.29 is 10.0 Å². The maximum absolute atomic E-state index is 10.6. The molecule has 0 atom stereocenters. The minimum Gasteiger partial charge on any atom is -0.507 e. The van der Waals surface area contributed by atoms with Crippen LogP contribution in [-0.4, -0.2) is 26.4 Å². The molecule has 0 aliphatic heterocycles. The Labute approximate surface area is 155 Å². The van der Waals surface area contributed by atoms with Gasteiger partial charge in [0, 0.05) is 23.9 Å². The summed E-state index contributed by atoms with van der Waals surface area (Å²) in [6.45, 7) is 0. The SMILES string of the molecule is O=[N+]([O-])c1ccc(N=Nc2ccc(O)c(/C=N/c3n[nH]c(=S)s3)c2)cc1. The van der Waals surface area contributed by atoms with E-state index in [9.17, 15) is 15.2 Å². The number of nitro benzene ring substituents is 1. The first kappa shape index (κ1) is 17.5. The van der Waals surface area contributed by atoms with Gasteiger partial charge in [0.25, 0.3) is 5.69 Å². The molecular weight excluding hydrogens is 376 g/mol. The molecule has 0 aliphatic rings. The fraction of sp³-hybridized carbons (Fsp3) is 0. The first-order valence-corrected chi connectivity index (χ1v) is 8.32. The molecule has 0 amide bonds. The first-order valence-electron chi connectivity index (χ1n) is 7.10. The summed E-state index contributed by atoms with van der Waals surface area (Å²) >= 11 is 6.13. The zero-order valence-electron chi connectivity index (χ0n) is 12.9. The number of benzene rings is 2. The molecule has 0 aliphatic carbocycles. The fourth-order valence-corrected chi connectivity index (χ4v) is 2.59. The lowest BCUT2D eigenvalue weighted by Gasteiger charge is -1.99. The van der Waals surface area contributed by atoms with Crippen molar-refractivity contribution >= 4 is 52.0 Å². The van der Waals surface area contributed by atoms with Gasteiger partial charge in [0.2, 0.25) is 5.13 Å². The molecule has 2 aromatic carbocycles. The molecule has 1 aromatic heterocycles. The Morgan fingerprint density at radius 1 is 1.19 bits per heavy atom. The molecule has 0 bridgehead atoms. The molecule has 0 spiro atoms. The summed E-state index contributed by atoms with van der Waals surface area (Å²) in [6.07, 6.45) is 1.45. The predicted molar refractivity (Wildman–Crippen MR) is 99.9 cm³/mol. The van der Waals surface area contributed by atoms with Crippen LogP contribution in [0.4, 0.5) is 22.2 Å². The highest BCUT2D eigenvalue weighted by Gasteiger charge is 2.04. The molecule has 2 N–H and O–H groups in total. The molecule has 0 saturated carbocycles. The number of hydrogen-bond donors (Lipinski definition) is 2. The number of aromatic hydroxyl groups is 1. The molecule has 0 fully saturated rings. The summed E-state index contributed by atoms with van der Waals surface area (Å²) in [5.41, 5.74) is 1.37. The number of phenols is 1. The largest absolute Gasteiger partial charge is 0.507 e. The second-order valence-corrected chi connectivity index (χ2v) is 6.51. The van der Waals surface area contributed by atoms with E-state index in [1.54, 1.807) is 12.1 Å². The van der Waals surface area contributed by atoms with Crippen molar-refractivity contribution in [3.8, 4) is 5.75 Å². The average molecular weight is 386 g/mol. The van der Waals surface area contributed by atoms with Crippen LogP contribution in [0, 0.1) is 14.1 Å². The second kappa shape index (κ2) is 7.72. The van der Waals surface area contributed by atoms with Crippen molar-refractivity contribution in [2.24, 2.45) is 15.2 Å². The van der Waals surface area contributed by atoms with Crippen LogP contribution in [0.25, 0.3) is 0 Å². The van der Waals surface area contributed by atoms with E-state index in [2.05, 4.69) is 25.4 Å². The van der Waals surface area contributed by atoms with Crippen LogP contribution in [0.2, 0.25) is 0 Å². The zero-order valence-corrected chi connectivity index (χ0v) is 14.6. The van der Waals surface area contributed by atoms with Crippen molar-refractivity contribution in [2.75, 3.05) is 0 Å². The number of nitro groups is 1. The topological polar surface area (TPSA) is 129 Å². The van der Waals surface area contributed by atoms with Gasteiger partial charge in [-0.25, -0.2) is 4.99 Å². The van der Waals surface area contributed by atoms with Gasteiger partial charge in [-0.1, -0.05) is 11.3 Å². The van der Waals surface area contributed by atoms with E-state index >= 15 is 0 Å². The van der Waals surface area contributed by atoms with Crippen molar-refractivity contribution in [3.63, 3.8) is 0 Å². The van der Waals surface area contributed by atoms with Gasteiger partial charge in [0.05, 0.1) is 16.3 Å². The molecule has 11 heteroatoms. The molecule has 0 unspecified atom stereocenters. The van der Waals surface area contributed by atoms with Crippen LogP contribution in [0.3, 0.4) is 0 Å². The number of aromatic amines is 1. The van der Waals surface area contributed by atoms with E-state index in [1.165, 1.54) is 47.9 Å². The maximum Gasteiger partial charge on any atom is 0.269 e. The highest BCUT2D eigenvalue weighted by atomic mass is 32.1. The fourth-order valence-electron chi connectivity index (χ4n) is 1.87. The monoisotopic (exact) mass is 386 g/mol. The van der Waals surface area contributed by atoms with E-state index in [4.69, 9.17) is 12.2 Å². The average Bonchev–Trinajstić information content (AvgIpc) is 3.05. The number of nitrogens with one attached hydrogen (secondary N) is 1. The third-order valence-electron chi connectivity index (χ3n) is 3.09. The van der Waals surface area contributed by atoms with Gasteiger partial charge in [-0.15, -0.1) is 5.10 Å². The Bertz CT molecular complexity index is 1060. The van der Waals surface area contributed by atoms with Gasteiger partial charge in [0.1, 0.15) is 5.75 Å². The summed E-state index contributed by atoms with van der Waals surface area (Å²) in [5.74, 6) is 0.0298. The minimum absolute atomic E-state index is 0.0197. The van der Waals surface area contributed by atoms with Crippen LogP contribution in [-0.2, 0) is 0 Å². The quantitative estimate of drug-likeness (QED) is 0.210. The number of aliphatic imine (C=N–C) groups is 1. The molecule has 0 radical (unpaired) electrons. The van der Waals surface area contributed by atoms with Crippen molar-refractivity contribution in [2.45, 2.75) is 0 Å². The van der Waals surface area contributed by atoms with Gasteiger partial charge in [-0.05, 0) is 42.5 Å². The standard InChI is InChI=1S/C15H10N6O3S2/c22-13-6-3-11(7-9(13)8-16-14-19-20-15(25)26-14)18-17-10-1-4-12(5-2-10)21(23)24/h1-8,22H,(H,20,25)/b16-8+,18-17?. The van der Waals surface area contributed by atoms with Crippen molar-refractivity contribution in [1.29, 1.82) is 0 Å². The normalized spacial score (nSPS) is 11.4. The van der Waals surface area contributed by atoms with Gasteiger partial charge in [0.15, 0.2) is 3.95 Å². The van der Waals surface area contributed by atoms with Crippen LogP contribution >= 0.6 is 23.6 Å². The Balaban J connectivity index is 1.79. The maximum atomic E-state index is 10.6. The van der Waals surface area contributed by atoms with Gasteiger partial charge in [-0.2, -0.15) is 10.2 Å². The first-order chi connectivity index (χ1) is 12.5. The summed E-state index contributed by atoms with van der Waals surface area (Å²) in [5, 5.41) is 35.6. The molecule has 9 nitrogen and oxygen atoms in total. The number of non-ortho nitro benzene ring substituents is 1. The Hall–Kier alpha value is -3.31. The number of H-pyrrole nitrogens is 1. The lowest BCUT2D eigenvalue weighted by Crippen LogP contribution is -1.85. The van der Waals surface area contributed by atoms with Crippen LogP contribution < -0.4 is 0 Å². The molecule has 3 aromatic rings. The van der Waals surface area contributed by atoms with E-state index in [1.807, 2.05) is 0 Å². The summed E-state index contributed by atoms with van der Waals surface area (Å²) < 4.78 is 0.507. The predicted octanol–water partition coefficient (Wildman–Crippen LogP) is 4.98. The smallest absolute Gasteiger partial charge is 0.269 e. The van der Waals surface area contributed by atoms with E-state index < -0.39 is 4.92 Å². The summed E-state index contributed by atoms with van der Waals surface area (Å²) in [7, 11) is 0. The molecule has 26 heavy (non-hydrogen) atoms. The highest BCUT2D eigenvalue weighted by Crippen LogP contribution is 2.25. The molecule has 3 rings (SSSR count). The van der Waals surface area contributed by atoms with Gasteiger partial charge < -0.3 is 5.11 Å². The second-order valence-electron chi connectivity index (χ2n) is 4.87. The molecular formula is C15H10N6O3S2. The molecule has 0 saturated heterocycles. The Kier molecular flexibility index (Phi) is 5.20. The zero-order chi connectivity index (χ0) is 18.5. The molecule has 130 valence electrons.